The van der Waals surface area contributed by atoms with Crippen LogP contribution in [0.5, 0.6) is 0 Å². The van der Waals surface area contributed by atoms with E-state index in [0.717, 1.165) is 38.1 Å². The van der Waals surface area contributed by atoms with Crippen LogP contribution >= 0.6 is 0 Å². The first-order valence-electron chi connectivity index (χ1n) is 12.5. The maximum Gasteiger partial charge on any atom is 0.257 e. The van der Waals surface area contributed by atoms with Gasteiger partial charge in [-0.3, -0.25) is 9.69 Å². The van der Waals surface area contributed by atoms with E-state index < -0.39 is 5.54 Å². The lowest BCUT2D eigenvalue weighted by molar-refractivity contribution is -0.131. The number of nitrogens with two attached hydrogens (primary N) is 1. The van der Waals surface area contributed by atoms with Gasteiger partial charge in [0.25, 0.3) is 5.91 Å². The van der Waals surface area contributed by atoms with Gasteiger partial charge in [-0.2, -0.15) is 0 Å². The lowest BCUT2D eigenvalue weighted by Crippen LogP contribution is -2.44. The van der Waals surface area contributed by atoms with Crippen molar-refractivity contribution in [1.29, 1.82) is 0 Å². The van der Waals surface area contributed by atoms with Crippen molar-refractivity contribution in [2.24, 2.45) is 22.6 Å². The van der Waals surface area contributed by atoms with E-state index in [2.05, 4.69) is 35.6 Å². The maximum absolute atomic E-state index is 13.3. The fourth-order valence-corrected chi connectivity index (χ4v) is 6.07. The number of hydrogen-bond acceptors (Lipinski definition) is 4. The monoisotopic (exact) mass is 424 g/mol. The number of nitrogens with zero attached hydrogens (tertiary/aromatic N) is 2. The fraction of sp³-hybridized carbons (Fsp3) is 0.692. The Hall–Kier alpha value is -1.88. The van der Waals surface area contributed by atoms with Gasteiger partial charge in [0, 0.05) is 19.6 Å². The zero-order valence-electron chi connectivity index (χ0n) is 19.2. The van der Waals surface area contributed by atoms with Crippen LogP contribution in [0, 0.1) is 11.8 Å². The van der Waals surface area contributed by atoms with Gasteiger partial charge in [-0.25, -0.2) is 4.99 Å². The predicted molar refractivity (Wildman–Crippen MR) is 127 cm³/mol. The molecule has 0 bridgehead atoms. The summed E-state index contributed by atoms with van der Waals surface area (Å²) in [5, 5.41) is 3.76. The zero-order chi connectivity index (χ0) is 21.7. The van der Waals surface area contributed by atoms with Crippen LogP contribution in [0.25, 0.3) is 0 Å². The molecule has 3 N–H and O–H groups in total. The molecule has 0 spiro atoms. The largest absolute Gasteiger partial charge is 0.369 e. The Kier molecular flexibility index (Phi) is 7.31. The highest BCUT2D eigenvalue weighted by Crippen LogP contribution is 2.40. The first-order chi connectivity index (χ1) is 15.1. The molecule has 5 heteroatoms. The second kappa shape index (κ2) is 10.2. The van der Waals surface area contributed by atoms with Crippen molar-refractivity contribution in [1.82, 2.24) is 10.2 Å². The van der Waals surface area contributed by atoms with E-state index in [9.17, 15) is 4.79 Å². The van der Waals surface area contributed by atoms with E-state index in [1.54, 1.807) is 11.9 Å². The molecule has 1 aromatic carbocycles. The minimum absolute atomic E-state index is 0.125. The number of guanidine groups is 1. The van der Waals surface area contributed by atoms with Crippen molar-refractivity contribution in [3.63, 3.8) is 0 Å². The third kappa shape index (κ3) is 5.49. The Morgan fingerprint density at radius 2 is 1.81 bits per heavy atom. The maximum atomic E-state index is 13.3. The average Bonchev–Trinajstić information content (AvgIpc) is 3.01. The van der Waals surface area contributed by atoms with Crippen LogP contribution in [-0.4, -0.2) is 35.4 Å². The molecular formula is C26H40N4O. The van der Waals surface area contributed by atoms with Gasteiger partial charge in [0.2, 0.25) is 0 Å². The molecular weight excluding hydrogens is 384 g/mol. The third-order valence-electron chi connectivity index (χ3n) is 7.91. The molecule has 0 saturated heterocycles. The number of hydrogen-bond donors (Lipinski definition) is 2. The van der Waals surface area contributed by atoms with Crippen LogP contribution in [0.15, 0.2) is 35.3 Å². The van der Waals surface area contributed by atoms with Gasteiger partial charge in [-0.15, -0.1) is 0 Å². The van der Waals surface area contributed by atoms with E-state index in [1.807, 2.05) is 0 Å². The number of aliphatic imine (C=N–C) groups is 1. The number of carbonyl (C=O) groups excluding carboxylic acids is 1. The Labute approximate surface area is 187 Å². The van der Waals surface area contributed by atoms with E-state index >= 15 is 0 Å². The molecule has 0 unspecified atom stereocenters. The van der Waals surface area contributed by atoms with Crippen LogP contribution in [0.4, 0.5) is 0 Å². The molecule has 5 nitrogen and oxygen atoms in total. The summed E-state index contributed by atoms with van der Waals surface area (Å²) < 4.78 is 0. The molecule has 3 aliphatic rings. The molecule has 3 atom stereocenters. The van der Waals surface area contributed by atoms with Crippen molar-refractivity contribution < 1.29 is 4.79 Å². The number of carbonyl (C=O) groups is 1. The Balaban J connectivity index is 1.38. The van der Waals surface area contributed by atoms with Crippen LogP contribution in [0.1, 0.15) is 82.6 Å². The molecule has 1 amide bonds. The summed E-state index contributed by atoms with van der Waals surface area (Å²) in [7, 11) is 1.79. The second-order valence-electron chi connectivity index (χ2n) is 10.2. The van der Waals surface area contributed by atoms with Gasteiger partial charge in [0.15, 0.2) is 5.96 Å². The molecule has 2 aliphatic carbocycles. The Morgan fingerprint density at radius 1 is 1.06 bits per heavy atom. The smallest absolute Gasteiger partial charge is 0.257 e. The zero-order valence-corrected chi connectivity index (χ0v) is 19.2. The molecule has 0 aromatic heterocycles. The molecule has 2 saturated carbocycles. The lowest BCUT2D eigenvalue weighted by Gasteiger charge is -2.35. The summed E-state index contributed by atoms with van der Waals surface area (Å²) in [6.45, 7) is 0.915. The van der Waals surface area contributed by atoms with Gasteiger partial charge >= 0.3 is 0 Å². The summed E-state index contributed by atoms with van der Waals surface area (Å²) in [6, 6.07) is 11.1. The van der Waals surface area contributed by atoms with Gasteiger partial charge in [-0.1, -0.05) is 75.3 Å². The second-order valence-corrected chi connectivity index (χ2v) is 10.2. The summed E-state index contributed by atoms with van der Waals surface area (Å²) in [5.41, 5.74) is 6.85. The molecule has 1 heterocycles. The number of amides is 1. The highest BCUT2D eigenvalue weighted by atomic mass is 16.2. The molecule has 2 fully saturated rings. The molecule has 31 heavy (non-hydrogen) atoms. The van der Waals surface area contributed by atoms with E-state index in [1.165, 1.54) is 56.9 Å². The van der Waals surface area contributed by atoms with Crippen LogP contribution in [0.3, 0.4) is 0 Å². The highest BCUT2D eigenvalue weighted by Gasteiger charge is 2.47. The quantitative estimate of drug-likeness (QED) is 0.640. The molecule has 1 aliphatic heterocycles. The standard InChI is InChI=1S/C26H40N4O/c1-30-24(31)26(29-25(30)27,16-15-20-9-4-2-5-10-20)18-22-13-8-14-23(17-22)28-19-21-11-6-3-7-12-21/h3,6-7,11-12,20,22-23,28H,2,4-5,8-10,13-19H2,1H3,(H2,27,29)/t22-,23+,26-/m1/s1. The fourth-order valence-electron chi connectivity index (χ4n) is 6.07. The number of likely N-dealkylation sites (N-methyl/N-ethyl adjacent to an activating group) is 1. The van der Waals surface area contributed by atoms with Gasteiger partial charge in [0.05, 0.1) is 0 Å². The van der Waals surface area contributed by atoms with Crippen LogP contribution < -0.4 is 11.1 Å². The average molecular weight is 425 g/mol. The summed E-state index contributed by atoms with van der Waals surface area (Å²) in [4.78, 5) is 19.7. The lowest BCUT2D eigenvalue weighted by atomic mass is 9.74. The third-order valence-corrected chi connectivity index (χ3v) is 7.91. The first kappa shape index (κ1) is 22.3. The van der Waals surface area contributed by atoms with Crippen LogP contribution in [-0.2, 0) is 11.3 Å². The van der Waals surface area contributed by atoms with Crippen molar-refractivity contribution in [2.45, 2.75) is 95.2 Å². The number of rotatable bonds is 8. The van der Waals surface area contributed by atoms with Crippen molar-refractivity contribution in [2.75, 3.05) is 7.05 Å². The van der Waals surface area contributed by atoms with E-state index in [-0.39, 0.29) is 5.91 Å². The normalized spacial score (nSPS) is 29.9. The van der Waals surface area contributed by atoms with E-state index in [4.69, 9.17) is 10.7 Å². The minimum atomic E-state index is -0.623. The van der Waals surface area contributed by atoms with E-state index in [0.29, 0.717) is 17.9 Å². The SMILES string of the molecule is CN1C(=O)[C@@](CCC2CCCCC2)(C[C@@H]2CCC[C@H](NCc3ccccc3)C2)N=C1N. The molecule has 170 valence electrons. The first-order valence-corrected chi connectivity index (χ1v) is 12.5. The summed E-state index contributed by atoms with van der Waals surface area (Å²) in [6.07, 6.45) is 14.3. The highest BCUT2D eigenvalue weighted by molar-refractivity contribution is 6.06. The summed E-state index contributed by atoms with van der Waals surface area (Å²) in [5.74, 6) is 1.82. The van der Waals surface area contributed by atoms with Crippen LogP contribution in [0.2, 0.25) is 0 Å². The number of nitrogens with one attached hydrogen (secondary N) is 1. The molecule has 4 rings (SSSR count). The summed E-state index contributed by atoms with van der Waals surface area (Å²) >= 11 is 0. The van der Waals surface area contributed by atoms with Gasteiger partial charge in [0.1, 0.15) is 5.54 Å². The Morgan fingerprint density at radius 3 is 2.52 bits per heavy atom. The van der Waals surface area contributed by atoms with Crippen molar-refractivity contribution >= 4 is 11.9 Å². The Bertz CT molecular complexity index is 758. The van der Waals surface area contributed by atoms with Gasteiger partial charge < -0.3 is 11.1 Å². The van der Waals surface area contributed by atoms with Crippen molar-refractivity contribution in [3.8, 4) is 0 Å². The predicted octanol–water partition coefficient (Wildman–Crippen LogP) is 4.61. The molecule has 1 aromatic rings. The topological polar surface area (TPSA) is 70.7 Å². The van der Waals surface area contributed by atoms with Crippen molar-refractivity contribution in [3.05, 3.63) is 35.9 Å². The minimum Gasteiger partial charge on any atom is -0.369 e. The number of benzene rings is 1. The van der Waals surface area contributed by atoms with Gasteiger partial charge in [-0.05, 0) is 49.5 Å². The molecule has 0 radical (unpaired) electrons.